The van der Waals surface area contributed by atoms with Crippen molar-refractivity contribution in [1.29, 1.82) is 0 Å². The van der Waals surface area contributed by atoms with Gasteiger partial charge in [-0.25, -0.2) is 18.7 Å². The summed E-state index contributed by atoms with van der Waals surface area (Å²) in [6.07, 6.45) is 2.80. The molecular formula is C24H23F2N7O2. The van der Waals surface area contributed by atoms with Crippen LogP contribution in [0, 0.1) is 11.6 Å². The number of amides is 1. The van der Waals surface area contributed by atoms with Gasteiger partial charge in [-0.2, -0.15) is 4.73 Å². The average molecular weight is 479 g/mol. The number of piperazine rings is 1. The molecule has 3 heterocycles. The second-order valence-corrected chi connectivity index (χ2v) is 7.96. The van der Waals surface area contributed by atoms with Crippen LogP contribution < -0.4 is 20.4 Å². The number of hydrogen-bond acceptors (Lipinski definition) is 6. The number of hydrogen-bond donors (Lipinski definition) is 3. The SMILES string of the molecule is COn1cnc(-c2ccc(F)cc2)c1-c1ncc(C(=O)Nc2ccc(N3CCNCC3)cc2F)[nH]1. The summed E-state index contributed by atoms with van der Waals surface area (Å²) < 4.78 is 29.5. The molecule has 9 nitrogen and oxygen atoms in total. The van der Waals surface area contributed by atoms with Crippen molar-refractivity contribution in [3.63, 3.8) is 0 Å². The zero-order chi connectivity index (χ0) is 24.4. The molecule has 1 saturated heterocycles. The van der Waals surface area contributed by atoms with E-state index >= 15 is 0 Å². The first-order valence-corrected chi connectivity index (χ1v) is 11.0. The van der Waals surface area contributed by atoms with Crippen molar-refractivity contribution in [2.75, 3.05) is 43.5 Å². The normalized spacial score (nSPS) is 13.6. The molecule has 35 heavy (non-hydrogen) atoms. The van der Waals surface area contributed by atoms with Crippen molar-refractivity contribution in [1.82, 2.24) is 25.0 Å². The number of rotatable bonds is 6. The molecule has 0 bridgehead atoms. The summed E-state index contributed by atoms with van der Waals surface area (Å²) >= 11 is 0. The van der Waals surface area contributed by atoms with Crippen LogP contribution >= 0.6 is 0 Å². The van der Waals surface area contributed by atoms with Gasteiger partial charge in [0.05, 0.1) is 11.9 Å². The number of carbonyl (C=O) groups excluding carboxylic acids is 1. The zero-order valence-corrected chi connectivity index (χ0v) is 18.9. The molecule has 2 aromatic carbocycles. The third kappa shape index (κ3) is 4.58. The van der Waals surface area contributed by atoms with E-state index < -0.39 is 11.7 Å². The molecule has 1 aliphatic heterocycles. The van der Waals surface area contributed by atoms with E-state index in [1.54, 1.807) is 24.3 Å². The lowest BCUT2D eigenvalue weighted by Gasteiger charge is -2.29. The van der Waals surface area contributed by atoms with Gasteiger partial charge in [0.25, 0.3) is 5.91 Å². The van der Waals surface area contributed by atoms with Crippen LogP contribution in [0.2, 0.25) is 0 Å². The summed E-state index contributed by atoms with van der Waals surface area (Å²) in [6.45, 7) is 3.26. The van der Waals surface area contributed by atoms with Gasteiger partial charge in [0.2, 0.25) is 0 Å². The van der Waals surface area contributed by atoms with Crippen LogP contribution in [0.25, 0.3) is 22.8 Å². The Hall–Kier alpha value is -4.25. The Kier molecular flexibility index (Phi) is 6.15. The highest BCUT2D eigenvalue weighted by molar-refractivity contribution is 6.03. The van der Waals surface area contributed by atoms with Crippen molar-refractivity contribution in [2.45, 2.75) is 0 Å². The van der Waals surface area contributed by atoms with Gasteiger partial charge in [-0.3, -0.25) is 4.79 Å². The smallest absolute Gasteiger partial charge is 0.273 e. The number of anilines is 2. The molecule has 180 valence electrons. The standard InChI is InChI=1S/C24H23F2N7O2/c1-35-33-14-29-21(15-2-4-16(25)5-3-15)22(33)23-28-13-20(30-23)24(34)31-19-7-6-17(12-18(19)26)32-10-8-27-9-11-32/h2-7,12-14,27H,8-11H2,1H3,(H,28,30)(H,31,34). The average Bonchev–Trinajstić information content (AvgIpc) is 3.53. The van der Waals surface area contributed by atoms with Crippen molar-refractivity contribution < 1.29 is 18.4 Å². The van der Waals surface area contributed by atoms with Gasteiger partial charge in [-0.1, -0.05) is 0 Å². The van der Waals surface area contributed by atoms with Crippen LogP contribution in [0.5, 0.6) is 0 Å². The lowest BCUT2D eigenvalue weighted by molar-refractivity contribution is 0.102. The Bertz CT molecular complexity index is 1340. The van der Waals surface area contributed by atoms with E-state index in [0.29, 0.717) is 22.8 Å². The van der Waals surface area contributed by atoms with Crippen molar-refractivity contribution in [3.8, 4) is 22.8 Å². The Morgan fingerprint density at radius 2 is 1.86 bits per heavy atom. The number of aromatic nitrogens is 4. The fraction of sp³-hybridized carbons (Fsp3) is 0.208. The first-order chi connectivity index (χ1) is 17.0. The third-order valence-corrected chi connectivity index (χ3v) is 5.78. The van der Waals surface area contributed by atoms with Crippen molar-refractivity contribution in [3.05, 3.63) is 72.3 Å². The third-order valence-electron chi connectivity index (χ3n) is 5.78. The molecule has 3 N–H and O–H groups in total. The summed E-state index contributed by atoms with van der Waals surface area (Å²) in [4.78, 5) is 31.8. The number of aromatic amines is 1. The van der Waals surface area contributed by atoms with Crippen LogP contribution in [-0.2, 0) is 0 Å². The van der Waals surface area contributed by atoms with E-state index in [9.17, 15) is 13.6 Å². The van der Waals surface area contributed by atoms with Gasteiger partial charge in [0, 0.05) is 37.4 Å². The topological polar surface area (TPSA) is 100 Å². The number of halogens is 2. The van der Waals surface area contributed by atoms with Crippen LogP contribution in [0.3, 0.4) is 0 Å². The number of imidazole rings is 2. The number of H-pyrrole nitrogens is 1. The van der Waals surface area contributed by atoms with Crippen LogP contribution in [0.1, 0.15) is 10.5 Å². The maximum atomic E-state index is 14.7. The van der Waals surface area contributed by atoms with E-state index in [-0.39, 0.29) is 17.2 Å². The minimum absolute atomic E-state index is 0.0685. The molecule has 1 fully saturated rings. The molecule has 0 aliphatic carbocycles. The number of benzene rings is 2. The van der Waals surface area contributed by atoms with Crippen LogP contribution in [0.4, 0.5) is 20.2 Å². The van der Waals surface area contributed by atoms with Gasteiger partial charge < -0.3 is 25.4 Å². The lowest BCUT2D eigenvalue weighted by atomic mass is 10.1. The second-order valence-electron chi connectivity index (χ2n) is 7.96. The largest absolute Gasteiger partial charge is 0.415 e. The zero-order valence-electron chi connectivity index (χ0n) is 18.9. The van der Waals surface area contributed by atoms with E-state index in [0.717, 1.165) is 31.9 Å². The monoisotopic (exact) mass is 479 g/mol. The minimum Gasteiger partial charge on any atom is -0.415 e. The predicted molar refractivity (Wildman–Crippen MR) is 127 cm³/mol. The van der Waals surface area contributed by atoms with E-state index in [2.05, 4.69) is 30.5 Å². The Balaban J connectivity index is 1.37. The summed E-state index contributed by atoms with van der Waals surface area (Å²) in [5, 5.41) is 5.84. The molecular weight excluding hydrogens is 456 g/mol. The van der Waals surface area contributed by atoms with Gasteiger partial charge in [-0.05, 0) is 42.5 Å². The molecule has 0 saturated carbocycles. The lowest BCUT2D eigenvalue weighted by Crippen LogP contribution is -2.43. The quantitative estimate of drug-likeness (QED) is 0.393. The molecule has 0 spiro atoms. The van der Waals surface area contributed by atoms with Gasteiger partial charge in [-0.15, -0.1) is 0 Å². The van der Waals surface area contributed by atoms with Crippen molar-refractivity contribution >= 4 is 17.3 Å². The molecule has 0 radical (unpaired) electrons. The summed E-state index contributed by atoms with van der Waals surface area (Å²) in [5.41, 5.74) is 2.55. The second kappa shape index (κ2) is 9.55. The Morgan fingerprint density at radius 1 is 1.09 bits per heavy atom. The van der Waals surface area contributed by atoms with Crippen LogP contribution in [-0.4, -0.2) is 58.9 Å². The molecule has 1 amide bonds. The predicted octanol–water partition coefficient (Wildman–Crippen LogP) is 2.94. The minimum atomic E-state index is -0.551. The molecule has 0 unspecified atom stereocenters. The Labute approximate surface area is 199 Å². The molecule has 5 rings (SSSR count). The molecule has 11 heteroatoms. The number of carbonyl (C=O) groups is 1. The molecule has 1 aliphatic rings. The van der Waals surface area contributed by atoms with Gasteiger partial charge in [0.15, 0.2) is 11.5 Å². The maximum Gasteiger partial charge on any atom is 0.273 e. The van der Waals surface area contributed by atoms with Gasteiger partial charge >= 0.3 is 0 Å². The first-order valence-electron chi connectivity index (χ1n) is 11.0. The highest BCUT2D eigenvalue weighted by atomic mass is 19.1. The highest BCUT2D eigenvalue weighted by Crippen LogP contribution is 2.29. The fourth-order valence-corrected chi connectivity index (χ4v) is 3.98. The fourth-order valence-electron chi connectivity index (χ4n) is 3.98. The van der Waals surface area contributed by atoms with E-state index in [4.69, 9.17) is 4.84 Å². The molecule has 4 aromatic rings. The maximum absolute atomic E-state index is 14.7. The van der Waals surface area contributed by atoms with E-state index in [1.165, 1.54) is 42.6 Å². The first kappa shape index (κ1) is 22.5. The molecule has 2 aromatic heterocycles. The van der Waals surface area contributed by atoms with Crippen molar-refractivity contribution in [2.24, 2.45) is 0 Å². The highest BCUT2D eigenvalue weighted by Gasteiger charge is 2.21. The Morgan fingerprint density at radius 3 is 2.57 bits per heavy atom. The number of nitrogens with zero attached hydrogens (tertiary/aromatic N) is 4. The molecule has 0 atom stereocenters. The summed E-state index contributed by atoms with van der Waals surface area (Å²) in [7, 11) is 1.46. The van der Waals surface area contributed by atoms with E-state index in [1.807, 2.05) is 0 Å². The summed E-state index contributed by atoms with van der Waals surface area (Å²) in [5.74, 6) is -1.13. The van der Waals surface area contributed by atoms with Crippen LogP contribution in [0.15, 0.2) is 55.0 Å². The number of nitrogens with one attached hydrogen (secondary N) is 3. The van der Waals surface area contributed by atoms with Gasteiger partial charge in [0.1, 0.15) is 36.5 Å². The summed E-state index contributed by atoms with van der Waals surface area (Å²) in [6, 6.07) is 10.6.